The molecule has 0 saturated carbocycles. The normalized spacial score (nSPS) is 21.8. The van der Waals surface area contributed by atoms with Gasteiger partial charge >= 0.3 is 0 Å². The maximum Gasteiger partial charge on any atom is 0.278 e. The second-order valence-electron chi connectivity index (χ2n) is 5.02. The molecule has 2 aromatic heterocycles. The fourth-order valence-electron chi connectivity index (χ4n) is 2.69. The van der Waals surface area contributed by atoms with Crippen LogP contribution < -0.4 is 9.13 Å². The molecule has 0 amide bonds. The summed E-state index contributed by atoms with van der Waals surface area (Å²) in [5, 5.41) is 0. The number of hydrogen-bond donors (Lipinski definition) is 0. The zero-order chi connectivity index (χ0) is 11.9. The lowest BCUT2D eigenvalue weighted by Crippen LogP contribution is -2.66. The Labute approximate surface area is 102 Å². The minimum Gasteiger partial charge on any atom is -0.186 e. The first-order chi connectivity index (χ1) is 8.24. The van der Waals surface area contributed by atoms with Gasteiger partial charge in [0.25, 0.3) is 11.4 Å². The van der Waals surface area contributed by atoms with E-state index in [1.807, 2.05) is 0 Å². The Morgan fingerprint density at radius 2 is 1.76 bits per heavy atom. The smallest absolute Gasteiger partial charge is 0.186 e. The highest BCUT2D eigenvalue weighted by atomic mass is 15.2. The van der Waals surface area contributed by atoms with Crippen LogP contribution in [0.4, 0.5) is 0 Å². The van der Waals surface area contributed by atoms with Crippen molar-refractivity contribution in [1.29, 1.82) is 0 Å². The number of pyridine rings is 2. The van der Waals surface area contributed by atoms with Crippen LogP contribution in [0.2, 0.25) is 0 Å². The first kappa shape index (κ1) is 10.5. The van der Waals surface area contributed by atoms with Crippen LogP contribution in [0.15, 0.2) is 48.8 Å². The lowest BCUT2D eigenvalue weighted by atomic mass is 9.94. The van der Waals surface area contributed by atoms with Crippen LogP contribution in [0.1, 0.15) is 20.3 Å². The molecular formula is C15H18N2+2. The largest absolute Gasteiger partial charge is 0.278 e. The third kappa shape index (κ3) is 1.47. The molecule has 0 unspecified atom stereocenters. The van der Waals surface area contributed by atoms with E-state index >= 15 is 0 Å². The van der Waals surface area contributed by atoms with Crippen LogP contribution in [0.3, 0.4) is 0 Å². The van der Waals surface area contributed by atoms with Crippen molar-refractivity contribution >= 4 is 0 Å². The average Bonchev–Trinajstić information content (AvgIpc) is 2.39. The quantitative estimate of drug-likeness (QED) is 0.658. The molecule has 86 valence electrons. The summed E-state index contributed by atoms with van der Waals surface area (Å²) >= 11 is 0. The first-order valence-electron chi connectivity index (χ1n) is 6.25. The van der Waals surface area contributed by atoms with Crippen molar-refractivity contribution in [3.05, 3.63) is 48.8 Å². The highest BCUT2D eigenvalue weighted by molar-refractivity contribution is 5.46. The van der Waals surface area contributed by atoms with Crippen molar-refractivity contribution in [3.8, 4) is 11.4 Å². The molecule has 2 heteroatoms. The second kappa shape index (κ2) is 3.66. The Morgan fingerprint density at radius 3 is 2.53 bits per heavy atom. The molecule has 1 aliphatic heterocycles. The molecule has 0 aliphatic carbocycles. The number of rotatable bonds is 1. The van der Waals surface area contributed by atoms with E-state index in [0.717, 1.165) is 13.0 Å². The van der Waals surface area contributed by atoms with Crippen molar-refractivity contribution in [2.24, 2.45) is 0 Å². The van der Waals surface area contributed by atoms with Gasteiger partial charge < -0.3 is 0 Å². The Hall–Kier alpha value is -1.70. The molecule has 17 heavy (non-hydrogen) atoms. The Morgan fingerprint density at radius 1 is 1.06 bits per heavy atom. The van der Waals surface area contributed by atoms with E-state index < -0.39 is 0 Å². The molecule has 2 aromatic rings. The first-order valence-corrected chi connectivity index (χ1v) is 6.25. The molecule has 3 rings (SSSR count). The standard InChI is InChI=1S/C15H18N2/c1-3-15(2)12-16-10-6-4-8-13(16)14-9-5-7-11-17(14)15/h4-11H,3,12H2,1-2H3/q+2/t15-/m0/s1. The third-order valence-electron chi connectivity index (χ3n) is 3.92. The lowest BCUT2D eigenvalue weighted by molar-refractivity contribution is -0.844. The molecular weight excluding hydrogens is 208 g/mol. The van der Waals surface area contributed by atoms with Crippen LogP contribution in [0.5, 0.6) is 0 Å². The number of fused-ring (bicyclic) bond motifs is 3. The molecule has 2 nitrogen and oxygen atoms in total. The van der Waals surface area contributed by atoms with Crippen LogP contribution in [-0.2, 0) is 12.1 Å². The van der Waals surface area contributed by atoms with Gasteiger partial charge in [0.05, 0.1) is 0 Å². The van der Waals surface area contributed by atoms with Crippen molar-refractivity contribution in [1.82, 2.24) is 0 Å². The third-order valence-corrected chi connectivity index (χ3v) is 3.92. The Balaban J connectivity index is 2.30. The maximum absolute atomic E-state index is 2.42. The van der Waals surface area contributed by atoms with Gasteiger partial charge in [-0.15, -0.1) is 0 Å². The molecule has 1 atom stereocenters. The van der Waals surface area contributed by atoms with Crippen LogP contribution in [0, 0.1) is 0 Å². The molecule has 0 saturated heterocycles. The molecule has 0 radical (unpaired) electrons. The SMILES string of the molecule is CC[C@@]1(C)C[n+]2ccccc2-c2cccc[n+]21. The zero-order valence-corrected chi connectivity index (χ0v) is 10.4. The van der Waals surface area contributed by atoms with E-state index in [0.29, 0.717) is 0 Å². The summed E-state index contributed by atoms with van der Waals surface area (Å²) in [5.41, 5.74) is 2.79. The predicted molar refractivity (Wildman–Crippen MR) is 66.2 cm³/mol. The molecule has 1 aliphatic rings. The van der Waals surface area contributed by atoms with Gasteiger partial charge in [-0.25, -0.2) is 0 Å². The van der Waals surface area contributed by atoms with Crippen molar-refractivity contribution in [2.75, 3.05) is 0 Å². The molecule has 0 fully saturated rings. The van der Waals surface area contributed by atoms with Crippen LogP contribution >= 0.6 is 0 Å². The number of hydrogen-bond acceptors (Lipinski definition) is 0. The zero-order valence-electron chi connectivity index (χ0n) is 10.4. The summed E-state index contributed by atoms with van der Waals surface area (Å²) in [7, 11) is 0. The van der Waals surface area contributed by atoms with E-state index in [1.165, 1.54) is 11.4 Å². The van der Waals surface area contributed by atoms with Crippen LogP contribution in [-0.4, -0.2) is 0 Å². The van der Waals surface area contributed by atoms with Gasteiger partial charge in [-0.1, -0.05) is 6.92 Å². The molecule has 3 heterocycles. The van der Waals surface area contributed by atoms with Gasteiger partial charge in [-0.3, -0.25) is 0 Å². The van der Waals surface area contributed by atoms with Crippen LogP contribution in [0.25, 0.3) is 11.4 Å². The molecule has 0 bridgehead atoms. The highest BCUT2D eigenvalue weighted by Gasteiger charge is 2.45. The van der Waals surface area contributed by atoms with Gasteiger partial charge in [0.2, 0.25) is 12.1 Å². The minimum absolute atomic E-state index is 0.176. The summed E-state index contributed by atoms with van der Waals surface area (Å²) in [6.07, 6.45) is 5.52. The van der Waals surface area contributed by atoms with Gasteiger partial charge in [0, 0.05) is 37.6 Å². The van der Waals surface area contributed by atoms with Gasteiger partial charge in [-0.05, 0) is 12.1 Å². The highest BCUT2D eigenvalue weighted by Crippen LogP contribution is 2.23. The van der Waals surface area contributed by atoms with E-state index in [2.05, 4.69) is 71.8 Å². The number of aromatic nitrogens is 2. The average molecular weight is 226 g/mol. The fourth-order valence-corrected chi connectivity index (χ4v) is 2.69. The second-order valence-corrected chi connectivity index (χ2v) is 5.02. The summed E-state index contributed by atoms with van der Waals surface area (Å²) in [4.78, 5) is 0. The van der Waals surface area contributed by atoms with Crippen molar-refractivity contribution in [3.63, 3.8) is 0 Å². The molecule has 0 aromatic carbocycles. The topological polar surface area (TPSA) is 7.76 Å². The summed E-state index contributed by atoms with van der Waals surface area (Å²) in [6.45, 7) is 5.64. The monoisotopic (exact) mass is 226 g/mol. The minimum atomic E-state index is 0.176. The number of nitrogens with zero attached hydrogens (tertiary/aromatic N) is 2. The Bertz CT molecular complexity index is 562. The van der Waals surface area contributed by atoms with E-state index in [1.54, 1.807) is 0 Å². The van der Waals surface area contributed by atoms with Gasteiger partial charge in [-0.2, -0.15) is 9.13 Å². The fraction of sp³-hybridized carbons (Fsp3) is 0.333. The summed E-state index contributed by atoms with van der Waals surface area (Å²) in [6, 6.07) is 12.9. The Kier molecular flexibility index (Phi) is 2.25. The lowest BCUT2D eigenvalue weighted by Gasteiger charge is -2.25. The van der Waals surface area contributed by atoms with Crippen molar-refractivity contribution < 1.29 is 9.13 Å². The van der Waals surface area contributed by atoms with Crippen molar-refractivity contribution in [2.45, 2.75) is 32.4 Å². The summed E-state index contributed by atoms with van der Waals surface area (Å²) in [5.74, 6) is 0. The molecule has 0 spiro atoms. The van der Waals surface area contributed by atoms with E-state index in [9.17, 15) is 0 Å². The van der Waals surface area contributed by atoms with E-state index in [4.69, 9.17) is 0 Å². The maximum atomic E-state index is 2.42. The van der Waals surface area contributed by atoms with E-state index in [-0.39, 0.29) is 5.54 Å². The summed E-state index contributed by atoms with van der Waals surface area (Å²) < 4.78 is 4.78. The van der Waals surface area contributed by atoms with Gasteiger partial charge in [0.15, 0.2) is 12.4 Å². The van der Waals surface area contributed by atoms with Gasteiger partial charge in [0.1, 0.15) is 0 Å². The molecule has 0 N–H and O–H groups in total. The predicted octanol–water partition coefficient (Wildman–Crippen LogP) is 2.07.